The van der Waals surface area contributed by atoms with E-state index < -0.39 is 0 Å². The molecule has 0 atom stereocenters. The van der Waals surface area contributed by atoms with Gasteiger partial charge >= 0.3 is 0 Å². The zero-order chi connectivity index (χ0) is 12.3. The summed E-state index contributed by atoms with van der Waals surface area (Å²) in [5.41, 5.74) is 0.682. The van der Waals surface area contributed by atoms with Crippen LogP contribution in [0.2, 0.25) is 0 Å². The predicted octanol–water partition coefficient (Wildman–Crippen LogP) is 3.14. The van der Waals surface area contributed by atoms with Crippen molar-refractivity contribution < 1.29 is 13.9 Å². The van der Waals surface area contributed by atoms with E-state index in [1.54, 1.807) is 6.07 Å². The topological polar surface area (TPSA) is 26.3 Å². The van der Waals surface area contributed by atoms with Crippen molar-refractivity contribution in [1.82, 2.24) is 0 Å². The molecule has 0 heterocycles. The van der Waals surface area contributed by atoms with Crippen molar-refractivity contribution in [1.29, 1.82) is 0 Å². The summed E-state index contributed by atoms with van der Waals surface area (Å²) in [4.78, 5) is 11.0. The molecule has 0 saturated heterocycles. The summed E-state index contributed by atoms with van der Waals surface area (Å²) < 4.78 is 18.9. The molecule has 0 bridgehead atoms. The molecule has 17 heavy (non-hydrogen) atoms. The SMILES string of the molecule is CC(=O)Cc1cc(F)cc(OCC2CCC2)c1. The van der Waals surface area contributed by atoms with Crippen molar-refractivity contribution >= 4 is 5.78 Å². The Hall–Kier alpha value is -1.38. The van der Waals surface area contributed by atoms with Gasteiger partial charge < -0.3 is 4.74 Å². The Morgan fingerprint density at radius 1 is 1.41 bits per heavy atom. The molecule has 92 valence electrons. The van der Waals surface area contributed by atoms with E-state index in [4.69, 9.17) is 4.74 Å². The molecular formula is C14H17FO2. The summed E-state index contributed by atoms with van der Waals surface area (Å²) in [5.74, 6) is 0.843. The summed E-state index contributed by atoms with van der Waals surface area (Å²) in [6.45, 7) is 2.16. The third kappa shape index (κ3) is 3.55. The molecule has 0 N–H and O–H groups in total. The van der Waals surface area contributed by atoms with Gasteiger partial charge in [0, 0.05) is 12.5 Å². The van der Waals surface area contributed by atoms with Gasteiger partial charge in [0.15, 0.2) is 0 Å². The number of hydrogen-bond donors (Lipinski definition) is 0. The summed E-state index contributed by atoms with van der Waals surface area (Å²) in [6, 6.07) is 4.52. The van der Waals surface area contributed by atoms with Crippen molar-refractivity contribution in [3.63, 3.8) is 0 Å². The fourth-order valence-electron chi connectivity index (χ4n) is 1.97. The molecule has 1 aliphatic carbocycles. The third-order valence-corrected chi connectivity index (χ3v) is 3.09. The molecule has 2 rings (SSSR count). The van der Waals surface area contributed by atoms with Crippen LogP contribution in [0.3, 0.4) is 0 Å². The number of ether oxygens (including phenoxy) is 1. The van der Waals surface area contributed by atoms with Crippen LogP contribution in [-0.2, 0) is 11.2 Å². The molecule has 1 aromatic rings. The summed E-state index contributed by atoms with van der Waals surface area (Å²) >= 11 is 0. The molecule has 3 heteroatoms. The first-order chi connectivity index (χ1) is 8.13. The zero-order valence-corrected chi connectivity index (χ0v) is 10.0. The number of ketones is 1. The molecule has 0 radical (unpaired) electrons. The monoisotopic (exact) mass is 236 g/mol. The Morgan fingerprint density at radius 3 is 2.76 bits per heavy atom. The highest BCUT2D eigenvalue weighted by atomic mass is 19.1. The van der Waals surface area contributed by atoms with Crippen LogP contribution >= 0.6 is 0 Å². The van der Waals surface area contributed by atoms with Crippen molar-refractivity contribution in [2.45, 2.75) is 32.6 Å². The van der Waals surface area contributed by atoms with Gasteiger partial charge in [-0.3, -0.25) is 4.79 Å². The summed E-state index contributed by atoms with van der Waals surface area (Å²) in [6.07, 6.45) is 3.94. The van der Waals surface area contributed by atoms with E-state index in [9.17, 15) is 9.18 Å². The average Bonchev–Trinajstić information content (AvgIpc) is 2.12. The minimum Gasteiger partial charge on any atom is -0.493 e. The molecule has 2 nitrogen and oxygen atoms in total. The van der Waals surface area contributed by atoms with E-state index in [1.807, 2.05) is 0 Å². The number of rotatable bonds is 5. The van der Waals surface area contributed by atoms with Crippen LogP contribution in [0.5, 0.6) is 5.75 Å². The van der Waals surface area contributed by atoms with E-state index in [2.05, 4.69) is 0 Å². The predicted molar refractivity (Wildman–Crippen MR) is 63.6 cm³/mol. The molecule has 0 unspecified atom stereocenters. The van der Waals surface area contributed by atoms with Gasteiger partial charge in [0.2, 0.25) is 0 Å². The highest BCUT2D eigenvalue weighted by Crippen LogP contribution is 2.27. The zero-order valence-electron chi connectivity index (χ0n) is 10.0. The lowest BCUT2D eigenvalue weighted by atomic mass is 9.86. The number of carbonyl (C=O) groups excluding carboxylic acids is 1. The van der Waals surface area contributed by atoms with Crippen LogP contribution in [-0.4, -0.2) is 12.4 Å². The highest BCUT2D eigenvalue weighted by molar-refractivity contribution is 5.78. The van der Waals surface area contributed by atoms with Gasteiger partial charge in [-0.2, -0.15) is 0 Å². The molecule has 1 saturated carbocycles. The normalized spacial score (nSPS) is 15.4. The maximum atomic E-state index is 13.3. The van der Waals surface area contributed by atoms with Crippen molar-refractivity contribution in [3.05, 3.63) is 29.6 Å². The average molecular weight is 236 g/mol. The first kappa shape index (κ1) is 12.1. The number of halogens is 1. The Labute approximate surface area is 101 Å². The molecular weight excluding hydrogens is 219 g/mol. The highest BCUT2D eigenvalue weighted by Gasteiger charge is 2.18. The first-order valence-electron chi connectivity index (χ1n) is 6.05. The largest absolute Gasteiger partial charge is 0.493 e. The molecule has 0 aliphatic heterocycles. The van der Waals surface area contributed by atoms with Crippen molar-refractivity contribution in [2.75, 3.05) is 6.61 Å². The number of benzene rings is 1. The summed E-state index contributed by atoms with van der Waals surface area (Å²) in [5, 5.41) is 0. The van der Waals surface area contributed by atoms with Gasteiger partial charge in [-0.05, 0) is 43.4 Å². The maximum Gasteiger partial charge on any atom is 0.134 e. The van der Waals surface area contributed by atoms with Crippen LogP contribution in [0.4, 0.5) is 4.39 Å². The number of Topliss-reactive ketones (excluding diaryl/α,β-unsaturated/α-hetero) is 1. The van der Waals surface area contributed by atoms with Gasteiger partial charge in [-0.15, -0.1) is 0 Å². The summed E-state index contributed by atoms with van der Waals surface area (Å²) in [7, 11) is 0. The molecule has 1 aliphatic rings. The van der Waals surface area contributed by atoms with Crippen LogP contribution in [0, 0.1) is 11.7 Å². The Bertz CT molecular complexity index is 411. The molecule has 1 aromatic carbocycles. The second kappa shape index (κ2) is 5.30. The van der Waals surface area contributed by atoms with Crippen LogP contribution in [0.1, 0.15) is 31.7 Å². The quantitative estimate of drug-likeness (QED) is 0.785. The minimum absolute atomic E-state index is 0.0283. The smallest absolute Gasteiger partial charge is 0.134 e. The second-order valence-corrected chi connectivity index (χ2v) is 4.78. The van der Waals surface area contributed by atoms with E-state index in [-0.39, 0.29) is 18.0 Å². The third-order valence-electron chi connectivity index (χ3n) is 3.09. The van der Waals surface area contributed by atoms with Crippen LogP contribution in [0.25, 0.3) is 0 Å². The minimum atomic E-state index is -0.340. The fraction of sp³-hybridized carbons (Fsp3) is 0.500. The number of carbonyl (C=O) groups is 1. The lowest BCUT2D eigenvalue weighted by Crippen LogP contribution is -2.19. The van der Waals surface area contributed by atoms with Crippen LogP contribution < -0.4 is 4.74 Å². The van der Waals surface area contributed by atoms with Crippen LogP contribution in [0.15, 0.2) is 18.2 Å². The maximum absolute atomic E-state index is 13.3. The Kier molecular flexibility index (Phi) is 3.77. The second-order valence-electron chi connectivity index (χ2n) is 4.78. The lowest BCUT2D eigenvalue weighted by Gasteiger charge is -2.25. The van der Waals surface area contributed by atoms with Crippen molar-refractivity contribution in [2.24, 2.45) is 5.92 Å². The van der Waals surface area contributed by atoms with Gasteiger partial charge in [0.05, 0.1) is 6.61 Å². The van der Waals surface area contributed by atoms with E-state index in [0.717, 1.165) is 0 Å². The van der Waals surface area contributed by atoms with E-state index >= 15 is 0 Å². The molecule has 0 aromatic heterocycles. The standard InChI is InChI=1S/C14H17FO2/c1-10(16)5-12-6-13(15)8-14(7-12)17-9-11-3-2-4-11/h6-8,11H,2-5,9H2,1H3. The molecule has 0 spiro atoms. The van der Waals surface area contributed by atoms with Crippen molar-refractivity contribution in [3.8, 4) is 5.75 Å². The molecule has 1 fully saturated rings. The Balaban J connectivity index is 1.99. The molecule has 0 amide bonds. The lowest BCUT2D eigenvalue weighted by molar-refractivity contribution is -0.116. The van der Waals surface area contributed by atoms with Gasteiger partial charge in [-0.25, -0.2) is 4.39 Å². The first-order valence-corrected chi connectivity index (χ1v) is 6.05. The Morgan fingerprint density at radius 2 is 2.18 bits per heavy atom. The van der Waals surface area contributed by atoms with E-state index in [1.165, 1.54) is 38.3 Å². The van der Waals surface area contributed by atoms with E-state index in [0.29, 0.717) is 23.8 Å². The van der Waals surface area contributed by atoms with Gasteiger partial charge in [0.1, 0.15) is 17.3 Å². The van der Waals surface area contributed by atoms with Gasteiger partial charge in [0.25, 0.3) is 0 Å². The number of hydrogen-bond acceptors (Lipinski definition) is 2. The van der Waals surface area contributed by atoms with Gasteiger partial charge in [-0.1, -0.05) is 6.42 Å². The fourth-order valence-corrected chi connectivity index (χ4v) is 1.97.